The summed E-state index contributed by atoms with van der Waals surface area (Å²) in [4.78, 5) is 11.7. The molecule has 2 aromatic carbocycles. The second kappa shape index (κ2) is 9.18. The molecular weight excluding hydrogens is 398 g/mol. The number of hydrogen-bond acceptors (Lipinski definition) is 4. The Hall–Kier alpha value is -1.73. The fourth-order valence-corrected chi connectivity index (χ4v) is 4.91. The van der Waals surface area contributed by atoms with Crippen molar-refractivity contribution in [2.75, 3.05) is 19.7 Å². The van der Waals surface area contributed by atoms with E-state index < -0.39 is 10.0 Å². The van der Waals surface area contributed by atoms with Crippen LogP contribution in [0.4, 0.5) is 0 Å². The van der Waals surface area contributed by atoms with Crippen LogP contribution in [0.5, 0.6) is 0 Å². The summed E-state index contributed by atoms with van der Waals surface area (Å²) in [6.07, 6.45) is 1.51. The first-order valence-corrected chi connectivity index (χ1v) is 11.1. The minimum absolute atomic E-state index is 0.145. The van der Waals surface area contributed by atoms with Gasteiger partial charge in [-0.3, -0.25) is 4.79 Å². The summed E-state index contributed by atoms with van der Waals surface area (Å²) in [5, 5.41) is 0.700. The number of ketones is 1. The van der Waals surface area contributed by atoms with Gasteiger partial charge in [-0.15, -0.1) is 0 Å². The van der Waals surface area contributed by atoms with Gasteiger partial charge in [0.1, 0.15) is 0 Å². The van der Waals surface area contributed by atoms with Crippen LogP contribution in [0.15, 0.2) is 53.4 Å². The van der Waals surface area contributed by atoms with Gasteiger partial charge in [-0.25, -0.2) is 8.42 Å². The van der Waals surface area contributed by atoms with E-state index in [1.54, 1.807) is 18.2 Å². The van der Waals surface area contributed by atoms with E-state index in [-0.39, 0.29) is 10.7 Å². The molecule has 0 saturated carbocycles. The lowest BCUT2D eigenvalue weighted by Crippen LogP contribution is -2.39. The summed E-state index contributed by atoms with van der Waals surface area (Å²) in [5.74, 6) is 0.191. The van der Waals surface area contributed by atoms with E-state index in [9.17, 15) is 13.2 Å². The highest BCUT2D eigenvalue weighted by molar-refractivity contribution is 7.89. The lowest BCUT2D eigenvalue weighted by atomic mass is 9.99. The predicted molar refractivity (Wildman–Crippen MR) is 109 cm³/mol. The second-order valence-electron chi connectivity index (χ2n) is 7.07. The molecule has 3 rings (SSSR count). The van der Waals surface area contributed by atoms with Crippen LogP contribution in [0.3, 0.4) is 0 Å². The van der Waals surface area contributed by atoms with Crippen LogP contribution < -0.4 is 0 Å². The number of Topliss-reactive ketones (excluding diaryl/α,β-unsaturated/α-hetero) is 1. The lowest BCUT2D eigenvalue weighted by molar-refractivity contribution is 0.0688. The Labute approximate surface area is 171 Å². The molecule has 0 atom stereocenters. The summed E-state index contributed by atoms with van der Waals surface area (Å²) < 4.78 is 33.0. The highest BCUT2D eigenvalue weighted by Crippen LogP contribution is 2.25. The average Bonchev–Trinajstić information content (AvgIpc) is 2.70. The molecule has 0 bridgehead atoms. The van der Waals surface area contributed by atoms with Crippen LogP contribution in [0.1, 0.15) is 35.7 Å². The summed E-state index contributed by atoms with van der Waals surface area (Å²) in [5.41, 5.74) is 1.47. The minimum Gasteiger partial charge on any atom is -0.376 e. The number of rotatable bonds is 7. The molecule has 0 unspecified atom stereocenters. The van der Waals surface area contributed by atoms with Gasteiger partial charge in [-0.1, -0.05) is 35.9 Å². The van der Waals surface area contributed by atoms with Crippen molar-refractivity contribution in [2.45, 2.75) is 31.3 Å². The van der Waals surface area contributed by atoms with Crippen LogP contribution in [0, 0.1) is 5.92 Å². The Morgan fingerprint density at radius 3 is 2.46 bits per heavy atom. The van der Waals surface area contributed by atoms with Crippen LogP contribution in [0.25, 0.3) is 0 Å². The standard InChI is InChI=1S/C21H24ClNO4S/c1-16(24)19-3-2-4-21(13-19)28(25,26)23-11-9-18(10-12-23)15-27-14-17-5-7-20(22)8-6-17/h2-8,13,18H,9-12,14-15H2,1H3. The van der Waals surface area contributed by atoms with Crippen molar-refractivity contribution in [1.29, 1.82) is 0 Å². The van der Waals surface area contributed by atoms with Crippen molar-refractivity contribution in [1.82, 2.24) is 4.31 Å². The highest BCUT2D eigenvalue weighted by atomic mass is 35.5. The molecule has 1 aliphatic rings. The fraction of sp³-hybridized carbons (Fsp3) is 0.381. The van der Waals surface area contributed by atoms with Gasteiger partial charge in [0, 0.05) is 30.3 Å². The van der Waals surface area contributed by atoms with Crippen LogP contribution in [-0.4, -0.2) is 38.2 Å². The first kappa shape index (κ1) is 21.0. The molecule has 5 nitrogen and oxygen atoms in total. The molecule has 1 heterocycles. The Kier molecular flexibility index (Phi) is 6.88. The third-order valence-electron chi connectivity index (χ3n) is 4.99. The number of benzene rings is 2. The number of nitrogens with zero attached hydrogens (tertiary/aromatic N) is 1. The number of piperidine rings is 1. The Morgan fingerprint density at radius 2 is 1.82 bits per heavy atom. The minimum atomic E-state index is -3.58. The Morgan fingerprint density at radius 1 is 1.14 bits per heavy atom. The zero-order valence-electron chi connectivity index (χ0n) is 15.8. The van der Waals surface area contributed by atoms with Gasteiger partial charge in [0.05, 0.1) is 11.5 Å². The van der Waals surface area contributed by atoms with E-state index in [4.69, 9.17) is 16.3 Å². The van der Waals surface area contributed by atoms with Crippen molar-refractivity contribution >= 4 is 27.4 Å². The van der Waals surface area contributed by atoms with Crippen molar-refractivity contribution in [3.63, 3.8) is 0 Å². The molecule has 28 heavy (non-hydrogen) atoms. The van der Waals surface area contributed by atoms with Gasteiger partial charge in [0.15, 0.2) is 5.78 Å². The third kappa shape index (κ3) is 5.20. The number of halogens is 1. The second-order valence-corrected chi connectivity index (χ2v) is 9.45. The van der Waals surface area contributed by atoms with Crippen molar-refractivity contribution in [3.05, 3.63) is 64.7 Å². The molecule has 7 heteroatoms. The van der Waals surface area contributed by atoms with E-state index in [1.807, 2.05) is 24.3 Å². The zero-order valence-corrected chi connectivity index (χ0v) is 17.4. The molecule has 150 valence electrons. The highest BCUT2D eigenvalue weighted by Gasteiger charge is 2.29. The average molecular weight is 422 g/mol. The summed E-state index contributed by atoms with van der Waals surface area (Å²) >= 11 is 5.87. The van der Waals surface area contributed by atoms with E-state index in [0.29, 0.717) is 42.8 Å². The number of carbonyl (C=O) groups excluding carboxylic acids is 1. The molecular formula is C21H24ClNO4S. The molecule has 0 aliphatic carbocycles. The third-order valence-corrected chi connectivity index (χ3v) is 7.13. The zero-order chi connectivity index (χ0) is 20.1. The van der Waals surface area contributed by atoms with Crippen molar-refractivity contribution in [2.24, 2.45) is 5.92 Å². The molecule has 0 N–H and O–H groups in total. The Bertz CT molecular complexity index is 920. The monoisotopic (exact) mass is 421 g/mol. The molecule has 0 amide bonds. The summed E-state index contributed by atoms with van der Waals surface area (Å²) in [7, 11) is -3.58. The number of hydrogen-bond donors (Lipinski definition) is 0. The van der Waals surface area contributed by atoms with Crippen molar-refractivity contribution in [3.8, 4) is 0 Å². The van der Waals surface area contributed by atoms with Gasteiger partial charge in [0.2, 0.25) is 10.0 Å². The van der Waals surface area contributed by atoms with Crippen LogP contribution in [-0.2, 0) is 21.4 Å². The molecule has 1 saturated heterocycles. The normalized spacial score (nSPS) is 16.2. The Balaban J connectivity index is 1.52. The maximum absolute atomic E-state index is 12.9. The number of sulfonamides is 1. The summed E-state index contributed by atoms with van der Waals surface area (Å²) in [6, 6.07) is 13.8. The van der Waals surface area contributed by atoms with E-state index in [0.717, 1.165) is 18.4 Å². The molecule has 0 radical (unpaired) electrons. The van der Waals surface area contributed by atoms with Gasteiger partial charge >= 0.3 is 0 Å². The molecule has 2 aromatic rings. The summed E-state index contributed by atoms with van der Waals surface area (Å²) in [6.45, 7) is 3.48. The molecule has 1 fully saturated rings. The fourth-order valence-electron chi connectivity index (χ4n) is 3.26. The van der Waals surface area contributed by atoms with Gasteiger partial charge < -0.3 is 4.74 Å². The van der Waals surface area contributed by atoms with Gasteiger partial charge in [-0.05, 0) is 55.5 Å². The maximum atomic E-state index is 12.9. The smallest absolute Gasteiger partial charge is 0.243 e. The molecule has 0 aromatic heterocycles. The quantitative estimate of drug-likeness (QED) is 0.629. The van der Waals surface area contributed by atoms with Crippen LogP contribution in [0.2, 0.25) is 5.02 Å². The predicted octanol–water partition coefficient (Wildman–Crippen LogP) is 4.16. The molecule has 1 aliphatic heterocycles. The van der Waals surface area contributed by atoms with Gasteiger partial charge in [0.25, 0.3) is 0 Å². The number of ether oxygens (including phenoxy) is 1. The largest absolute Gasteiger partial charge is 0.376 e. The molecule has 0 spiro atoms. The first-order valence-electron chi connectivity index (χ1n) is 9.29. The first-order chi connectivity index (χ1) is 13.4. The lowest BCUT2D eigenvalue weighted by Gasteiger charge is -2.31. The van der Waals surface area contributed by atoms with E-state index >= 15 is 0 Å². The van der Waals surface area contributed by atoms with Crippen molar-refractivity contribution < 1.29 is 17.9 Å². The SMILES string of the molecule is CC(=O)c1cccc(S(=O)(=O)N2CCC(COCc3ccc(Cl)cc3)CC2)c1. The van der Waals surface area contributed by atoms with E-state index in [1.165, 1.54) is 17.3 Å². The van der Waals surface area contributed by atoms with Crippen LogP contribution >= 0.6 is 11.6 Å². The van der Waals surface area contributed by atoms with E-state index in [2.05, 4.69) is 0 Å². The number of carbonyl (C=O) groups is 1. The van der Waals surface area contributed by atoms with Gasteiger partial charge in [-0.2, -0.15) is 4.31 Å². The topological polar surface area (TPSA) is 63.7 Å². The maximum Gasteiger partial charge on any atom is 0.243 e.